The lowest BCUT2D eigenvalue weighted by atomic mass is 10.2. The van der Waals surface area contributed by atoms with Gasteiger partial charge in [0.25, 0.3) is 15.6 Å². The Morgan fingerprint density at radius 1 is 1.24 bits per heavy atom. The Morgan fingerprint density at radius 2 is 1.95 bits per heavy atom. The van der Waals surface area contributed by atoms with Gasteiger partial charge in [0.2, 0.25) is 0 Å². The molecule has 0 aliphatic carbocycles. The van der Waals surface area contributed by atoms with Crippen molar-refractivity contribution in [3.63, 3.8) is 0 Å². The molecule has 0 aliphatic heterocycles. The molecule has 1 aromatic carbocycles. The van der Waals surface area contributed by atoms with Crippen molar-refractivity contribution in [3.8, 4) is 5.75 Å². The average molecular weight is 307 g/mol. The maximum atomic E-state index is 11.9. The molecule has 0 atom stereocenters. The Labute approximate surface area is 122 Å². The molecule has 2 rings (SSSR count). The predicted octanol–water partition coefficient (Wildman–Crippen LogP) is 1.01. The van der Waals surface area contributed by atoms with Crippen LogP contribution in [0.3, 0.4) is 0 Å². The van der Waals surface area contributed by atoms with Crippen molar-refractivity contribution < 1.29 is 17.9 Å². The second-order valence-corrected chi connectivity index (χ2v) is 5.74. The average Bonchev–Trinajstić information content (AvgIpc) is 2.54. The highest BCUT2D eigenvalue weighted by atomic mass is 32.2. The van der Waals surface area contributed by atoms with E-state index in [0.717, 1.165) is 4.31 Å². The van der Waals surface area contributed by atoms with Gasteiger partial charge in [-0.3, -0.25) is 4.79 Å². The molecule has 0 radical (unpaired) electrons. The fourth-order valence-corrected chi connectivity index (χ4v) is 2.47. The van der Waals surface area contributed by atoms with Gasteiger partial charge in [0.15, 0.2) is 5.82 Å². The SMILES string of the molecule is COc1ccc(CN(c2cccnn2)S(=O)(=O)C=O)cc1. The lowest BCUT2D eigenvalue weighted by Gasteiger charge is -2.19. The van der Waals surface area contributed by atoms with Crippen LogP contribution in [0, 0.1) is 0 Å². The van der Waals surface area contributed by atoms with Crippen LogP contribution >= 0.6 is 0 Å². The van der Waals surface area contributed by atoms with E-state index in [0.29, 0.717) is 11.3 Å². The van der Waals surface area contributed by atoms with Crippen LogP contribution < -0.4 is 9.04 Å². The van der Waals surface area contributed by atoms with Crippen molar-refractivity contribution >= 4 is 21.5 Å². The third-order valence-corrected chi connectivity index (χ3v) is 3.90. The van der Waals surface area contributed by atoms with Crippen LogP contribution in [0.2, 0.25) is 0 Å². The summed E-state index contributed by atoms with van der Waals surface area (Å²) >= 11 is 0. The minimum absolute atomic E-state index is 0.0240. The summed E-state index contributed by atoms with van der Waals surface area (Å²) in [6.45, 7) is -0.0240. The first-order valence-electron chi connectivity index (χ1n) is 5.95. The van der Waals surface area contributed by atoms with Gasteiger partial charge in [0.1, 0.15) is 5.75 Å². The van der Waals surface area contributed by atoms with Crippen molar-refractivity contribution in [3.05, 3.63) is 48.2 Å². The van der Waals surface area contributed by atoms with Crippen LogP contribution in [0.1, 0.15) is 5.56 Å². The quantitative estimate of drug-likeness (QED) is 0.740. The number of carbonyl (C=O) groups is 1. The Kier molecular flexibility index (Phi) is 4.49. The molecular weight excluding hydrogens is 294 g/mol. The van der Waals surface area contributed by atoms with Crippen molar-refractivity contribution in [1.29, 1.82) is 0 Å². The van der Waals surface area contributed by atoms with E-state index in [9.17, 15) is 13.2 Å². The van der Waals surface area contributed by atoms with E-state index < -0.39 is 10.0 Å². The van der Waals surface area contributed by atoms with Gasteiger partial charge in [0.05, 0.1) is 13.7 Å². The molecule has 0 fully saturated rings. The molecule has 21 heavy (non-hydrogen) atoms. The lowest BCUT2D eigenvalue weighted by molar-refractivity contribution is 0.414. The maximum absolute atomic E-state index is 11.9. The van der Waals surface area contributed by atoms with Crippen molar-refractivity contribution in [2.75, 3.05) is 11.4 Å². The van der Waals surface area contributed by atoms with E-state index in [1.165, 1.54) is 19.4 Å². The third-order valence-electron chi connectivity index (χ3n) is 2.73. The molecule has 0 spiro atoms. The van der Waals surface area contributed by atoms with Gasteiger partial charge >= 0.3 is 0 Å². The Balaban J connectivity index is 2.34. The zero-order chi connectivity index (χ0) is 15.3. The number of nitrogens with zero attached hydrogens (tertiary/aromatic N) is 3. The number of aromatic nitrogens is 2. The number of methoxy groups -OCH3 is 1. The molecule has 1 heterocycles. The Hall–Kier alpha value is -2.48. The van der Waals surface area contributed by atoms with E-state index in [4.69, 9.17) is 4.74 Å². The highest BCUT2D eigenvalue weighted by Crippen LogP contribution is 2.19. The Morgan fingerprint density at radius 3 is 2.48 bits per heavy atom. The number of anilines is 1. The standard InChI is InChI=1S/C13H13N3O4S/c1-20-12-6-4-11(5-7-12)9-16(21(18,19)10-17)13-3-2-8-14-15-13/h2-8,10H,9H2,1H3. The number of ether oxygens (including phenoxy) is 1. The summed E-state index contributed by atoms with van der Waals surface area (Å²) in [5.74, 6) is 0.739. The fraction of sp³-hybridized carbons (Fsp3) is 0.154. The zero-order valence-electron chi connectivity index (χ0n) is 11.2. The molecule has 1 aromatic heterocycles. The van der Waals surface area contributed by atoms with E-state index in [-0.39, 0.29) is 18.0 Å². The molecule has 110 valence electrons. The number of carbonyl (C=O) groups excluding carboxylic acids is 1. The molecule has 0 amide bonds. The first kappa shape index (κ1) is 14.9. The zero-order valence-corrected chi connectivity index (χ0v) is 12.0. The minimum atomic E-state index is -4.11. The van der Waals surface area contributed by atoms with E-state index in [2.05, 4.69) is 10.2 Å². The summed E-state index contributed by atoms with van der Waals surface area (Å²) in [6, 6.07) is 9.85. The molecule has 0 aliphatic rings. The summed E-state index contributed by atoms with van der Waals surface area (Å²) in [4.78, 5) is 10.8. The first-order chi connectivity index (χ1) is 10.1. The molecule has 0 saturated heterocycles. The number of rotatable bonds is 6. The fourth-order valence-electron chi connectivity index (χ4n) is 1.68. The normalized spacial score (nSPS) is 10.9. The van der Waals surface area contributed by atoms with Crippen LogP contribution in [-0.2, 0) is 21.4 Å². The molecule has 0 unspecified atom stereocenters. The van der Waals surface area contributed by atoms with E-state index in [1.54, 1.807) is 30.3 Å². The monoisotopic (exact) mass is 307 g/mol. The van der Waals surface area contributed by atoms with Gasteiger partial charge in [0, 0.05) is 6.20 Å². The van der Waals surface area contributed by atoms with Gasteiger partial charge < -0.3 is 4.74 Å². The van der Waals surface area contributed by atoms with Crippen molar-refractivity contribution in [1.82, 2.24) is 10.2 Å². The topological polar surface area (TPSA) is 89.5 Å². The van der Waals surface area contributed by atoms with Crippen molar-refractivity contribution in [2.24, 2.45) is 0 Å². The van der Waals surface area contributed by atoms with Gasteiger partial charge in [-0.05, 0) is 29.8 Å². The van der Waals surface area contributed by atoms with E-state index in [1.807, 2.05) is 0 Å². The summed E-state index contributed by atoms with van der Waals surface area (Å²) in [6.07, 6.45) is 1.42. The highest BCUT2D eigenvalue weighted by molar-refractivity contribution is 8.05. The third kappa shape index (κ3) is 3.54. The van der Waals surface area contributed by atoms with Gasteiger partial charge in [-0.25, -0.2) is 4.31 Å². The molecule has 0 bridgehead atoms. The smallest absolute Gasteiger partial charge is 0.296 e. The van der Waals surface area contributed by atoms with Gasteiger partial charge in [-0.1, -0.05) is 12.1 Å². The number of hydrogen-bond donors (Lipinski definition) is 0. The molecule has 8 heteroatoms. The van der Waals surface area contributed by atoms with Gasteiger partial charge in [-0.2, -0.15) is 13.5 Å². The largest absolute Gasteiger partial charge is 0.497 e. The Bertz CT molecular complexity index is 702. The molecule has 7 nitrogen and oxygen atoms in total. The van der Waals surface area contributed by atoms with Crippen molar-refractivity contribution in [2.45, 2.75) is 6.54 Å². The lowest BCUT2D eigenvalue weighted by Crippen LogP contribution is -2.31. The van der Waals surface area contributed by atoms with E-state index >= 15 is 0 Å². The minimum Gasteiger partial charge on any atom is -0.497 e. The molecule has 2 aromatic rings. The van der Waals surface area contributed by atoms with Crippen LogP contribution in [0.15, 0.2) is 42.6 Å². The predicted molar refractivity (Wildman–Crippen MR) is 76.9 cm³/mol. The number of hydrogen-bond acceptors (Lipinski definition) is 6. The highest BCUT2D eigenvalue weighted by Gasteiger charge is 2.23. The molecular formula is C13H13N3O4S. The second kappa shape index (κ2) is 6.31. The van der Waals surface area contributed by atoms with Crippen LogP contribution in [0.5, 0.6) is 5.75 Å². The summed E-state index contributed by atoms with van der Waals surface area (Å²) in [5, 5.41) is 7.37. The summed E-state index contributed by atoms with van der Waals surface area (Å²) in [5.41, 5.74) is 0.581. The number of sulfonamides is 1. The maximum Gasteiger partial charge on any atom is 0.296 e. The molecule has 0 N–H and O–H groups in total. The van der Waals surface area contributed by atoms with Crippen LogP contribution in [0.25, 0.3) is 0 Å². The number of benzene rings is 1. The van der Waals surface area contributed by atoms with Gasteiger partial charge in [-0.15, -0.1) is 5.10 Å². The second-order valence-electron chi connectivity index (χ2n) is 4.08. The summed E-state index contributed by atoms with van der Waals surface area (Å²) in [7, 11) is -2.57. The van der Waals surface area contributed by atoms with Crippen LogP contribution in [0.4, 0.5) is 5.82 Å². The molecule has 0 saturated carbocycles. The first-order valence-corrected chi connectivity index (χ1v) is 7.45. The van der Waals surface area contributed by atoms with Crippen LogP contribution in [-0.4, -0.2) is 31.3 Å². The summed E-state index contributed by atoms with van der Waals surface area (Å²) < 4.78 is 29.7.